The molecule has 0 saturated carbocycles. The van der Waals surface area contributed by atoms with Gasteiger partial charge in [-0.3, -0.25) is 19.7 Å². The zero-order valence-corrected chi connectivity index (χ0v) is 16.6. The lowest BCUT2D eigenvalue weighted by atomic mass is 10.0. The van der Waals surface area contributed by atoms with Crippen LogP contribution in [0.25, 0.3) is 22.0 Å². The van der Waals surface area contributed by atoms with E-state index < -0.39 is 16.4 Å². The molecule has 0 fully saturated rings. The number of non-ortho nitro benzene ring substituents is 1. The quantitative estimate of drug-likeness (QED) is 0.393. The minimum atomic E-state index is -0.533. The van der Waals surface area contributed by atoms with Gasteiger partial charge in [-0.2, -0.15) is 5.10 Å². The summed E-state index contributed by atoms with van der Waals surface area (Å²) in [4.78, 5) is 35.3. The van der Waals surface area contributed by atoms with Crippen molar-refractivity contribution in [2.75, 3.05) is 5.32 Å². The van der Waals surface area contributed by atoms with Crippen molar-refractivity contribution in [3.8, 4) is 11.3 Å². The molecule has 1 amide bonds. The minimum absolute atomic E-state index is 0.130. The molecule has 3 aromatic carbocycles. The summed E-state index contributed by atoms with van der Waals surface area (Å²) in [5, 5.41) is 20.0. The van der Waals surface area contributed by atoms with Crippen molar-refractivity contribution in [1.29, 1.82) is 0 Å². The van der Waals surface area contributed by atoms with Crippen molar-refractivity contribution < 1.29 is 9.72 Å². The van der Waals surface area contributed by atoms with Gasteiger partial charge >= 0.3 is 0 Å². The van der Waals surface area contributed by atoms with Crippen molar-refractivity contribution >= 4 is 28.1 Å². The third kappa shape index (κ3) is 4.18. The fourth-order valence-corrected chi connectivity index (χ4v) is 3.34. The van der Waals surface area contributed by atoms with E-state index in [0.717, 1.165) is 21.0 Å². The summed E-state index contributed by atoms with van der Waals surface area (Å²) >= 11 is 0. The number of amides is 1. The Kier molecular flexibility index (Phi) is 5.28. The van der Waals surface area contributed by atoms with Crippen LogP contribution in [0.4, 0.5) is 11.4 Å². The molecule has 0 radical (unpaired) electrons. The van der Waals surface area contributed by atoms with Gasteiger partial charge in [0.2, 0.25) is 5.91 Å². The van der Waals surface area contributed by atoms with Crippen LogP contribution in [0.15, 0.2) is 77.6 Å². The van der Waals surface area contributed by atoms with Gasteiger partial charge in [0.15, 0.2) is 0 Å². The van der Waals surface area contributed by atoms with Gasteiger partial charge in [-0.15, -0.1) is 0 Å². The topological polar surface area (TPSA) is 107 Å². The Morgan fingerprint density at radius 1 is 1.06 bits per heavy atom. The van der Waals surface area contributed by atoms with E-state index in [2.05, 4.69) is 10.4 Å². The number of hydrogen-bond donors (Lipinski definition) is 1. The average Bonchev–Trinajstić information content (AvgIpc) is 2.76. The zero-order valence-electron chi connectivity index (χ0n) is 16.6. The second kappa shape index (κ2) is 8.19. The number of fused-ring (bicyclic) bond motifs is 1. The highest BCUT2D eigenvalue weighted by atomic mass is 16.6. The number of benzene rings is 3. The number of rotatable bonds is 5. The largest absolute Gasteiger partial charge is 0.324 e. The normalized spacial score (nSPS) is 10.7. The number of anilines is 1. The molecule has 0 aliphatic carbocycles. The monoisotopic (exact) mass is 414 g/mol. The van der Waals surface area contributed by atoms with Crippen LogP contribution in [-0.4, -0.2) is 20.6 Å². The molecule has 0 spiro atoms. The SMILES string of the molecule is Cc1ccc([N+](=O)[O-])cc1NC(=O)Cn1nc(-c2cccc3ccccc23)ccc1=O. The van der Waals surface area contributed by atoms with Gasteiger partial charge in [0.05, 0.1) is 16.3 Å². The maximum atomic E-state index is 12.5. The molecule has 4 rings (SSSR count). The summed E-state index contributed by atoms with van der Waals surface area (Å²) in [5.74, 6) is -0.506. The van der Waals surface area contributed by atoms with E-state index in [4.69, 9.17) is 0 Å². The molecule has 8 nitrogen and oxygen atoms in total. The van der Waals surface area contributed by atoms with Crippen LogP contribution < -0.4 is 10.9 Å². The average molecular weight is 414 g/mol. The van der Waals surface area contributed by atoms with Crippen molar-refractivity contribution in [1.82, 2.24) is 9.78 Å². The number of nitrogens with zero attached hydrogens (tertiary/aromatic N) is 3. The molecule has 1 N–H and O–H groups in total. The van der Waals surface area contributed by atoms with Gasteiger partial charge in [0, 0.05) is 23.8 Å². The highest BCUT2D eigenvalue weighted by molar-refractivity contribution is 5.95. The third-order valence-electron chi connectivity index (χ3n) is 4.93. The Morgan fingerprint density at radius 3 is 2.65 bits per heavy atom. The van der Waals surface area contributed by atoms with Crippen molar-refractivity contribution in [3.05, 3.63) is 98.8 Å². The molecule has 0 atom stereocenters. The number of nitrogens with one attached hydrogen (secondary N) is 1. The first kappa shape index (κ1) is 20.0. The lowest BCUT2D eigenvalue weighted by Crippen LogP contribution is -2.29. The maximum absolute atomic E-state index is 12.5. The van der Waals surface area contributed by atoms with Gasteiger partial charge in [0.25, 0.3) is 11.2 Å². The molecule has 0 bridgehead atoms. The molecule has 8 heteroatoms. The van der Waals surface area contributed by atoms with Crippen LogP contribution in [0.3, 0.4) is 0 Å². The first-order valence-electron chi connectivity index (χ1n) is 9.53. The van der Waals surface area contributed by atoms with E-state index in [1.807, 2.05) is 42.5 Å². The zero-order chi connectivity index (χ0) is 22.0. The standard InChI is InChI=1S/C23H18N4O4/c1-15-9-10-17(27(30)31)13-21(15)24-22(28)14-26-23(29)12-11-20(25-26)19-8-4-6-16-5-2-3-7-18(16)19/h2-13H,14H2,1H3,(H,24,28). The number of nitro groups is 1. The molecule has 0 saturated heterocycles. The summed E-state index contributed by atoms with van der Waals surface area (Å²) in [5.41, 5.74) is 1.85. The smallest absolute Gasteiger partial charge is 0.271 e. The fraction of sp³-hybridized carbons (Fsp3) is 0.0870. The highest BCUT2D eigenvalue weighted by Crippen LogP contribution is 2.26. The Labute approximate surface area is 176 Å². The van der Waals surface area contributed by atoms with Gasteiger partial charge in [0.1, 0.15) is 6.54 Å². The second-order valence-corrected chi connectivity index (χ2v) is 7.05. The third-order valence-corrected chi connectivity index (χ3v) is 4.93. The molecule has 0 aliphatic heterocycles. The van der Waals surface area contributed by atoms with Gasteiger partial charge in [-0.25, -0.2) is 4.68 Å². The summed E-state index contributed by atoms with van der Waals surface area (Å²) in [7, 11) is 0. The fourth-order valence-electron chi connectivity index (χ4n) is 3.34. The lowest BCUT2D eigenvalue weighted by molar-refractivity contribution is -0.384. The number of hydrogen-bond acceptors (Lipinski definition) is 5. The van der Waals surface area contributed by atoms with E-state index in [9.17, 15) is 19.7 Å². The summed E-state index contributed by atoms with van der Waals surface area (Å²) in [6.45, 7) is 1.41. The summed E-state index contributed by atoms with van der Waals surface area (Å²) in [6.07, 6.45) is 0. The predicted molar refractivity (Wildman–Crippen MR) is 118 cm³/mol. The first-order valence-corrected chi connectivity index (χ1v) is 9.53. The molecule has 154 valence electrons. The van der Waals surface area contributed by atoms with E-state index in [-0.39, 0.29) is 12.2 Å². The number of aryl methyl sites for hydroxylation is 1. The van der Waals surface area contributed by atoms with Gasteiger partial charge in [-0.05, 0) is 29.3 Å². The highest BCUT2D eigenvalue weighted by Gasteiger charge is 2.13. The predicted octanol–water partition coefficient (Wildman–Crippen LogP) is 3.92. The van der Waals surface area contributed by atoms with E-state index in [1.165, 1.54) is 18.2 Å². The molecular weight excluding hydrogens is 396 g/mol. The van der Waals surface area contributed by atoms with Crippen molar-refractivity contribution in [3.63, 3.8) is 0 Å². The number of nitro benzene ring substituents is 1. The number of carbonyl (C=O) groups is 1. The molecule has 0 unspecified atom stereocenters. The Hall–Kier alpha value is -4.33. The number of carbonyl (C=O) groups excluding carboxylic acids is 1. The Morgan fingerprint density at radius 2 is 1.84 bits per heavy atom. The second-order valence-electron chi connectivity index (χ2n) is 7.05. The van der Waals surface area contributed by atoms with Crippen LogP contribution in [0.1, 0.15) is 5.56 Å². The molecule has 1 heterocycles. The lowest BCUT2D eigenvalue weighted by Gasteiger charge is -2.11. The van der Waals surface area contributed by atoms with Crippen LogP contribution >= 0.6 is 0 Å². The van der Waals surface area contributed by atoms with Crippen LogP contribution in [0, 0.1) is 17.0 Å². The maximum Gasteiger partial charge on any atom is 0.271 e. The van der Waals surface area contributed by atoms with Crippen LogP contribution in [0.5, 0.6) is 0 Å². The van der Waals surface area contributed by atoms with Crippen LogP contribution in [0.2, 0.25) is 0 Å². The van der Waals surface area contributed by atoms with Crippen molar-refractivity contribution in [2.45, 2.75) is 13.5 Å². The number of aromatic nitrogens is 2. The van der Waals surface area contributed by atoms with E-state index >= 15 is 0 Å². The molecule has 4 aromatic rings. The molecular formula is C23H18N4O4. The van der Waals surface area contributed by atoms with E-state index in [0.29, 0.717) is 16.9 Å². The Bertz CT molecular complexity index is 1370. The van der Waals surface area contributed by atoms with Crippen LogP contribution in [-0.2, 0) is 11.3 Å². The summed E-state index contributed by atoms with van der Waals surface area (Å²) in [6, 6.07) is 20.8. The molecule has 1 aromatic heterocycles. The van der Waals surface area contributed by atoms with Gasteiger partial charge < -0.3 is 5.32 Å². The first-order chi connectivity index (χ1) is 14.9. The summed E-state index contributed by atoms with van der Waals surface area (Å²) < 4.78 is 1.08. The Balaban J connectivity index is 1.63. The van der Waals surface area contributed by atoms with Crippen molar-refractivity contribution in [2.24, 2.45) is 0 Å². The molecule has 31 heavy (non-hydrogen) atoms. The van der Waals surface area contributed by atoms with E-state index in [1.54, 1.807) is 19.1 Å². The molecule has 0 aliphatic rings. The minimum Gasteiger partial charge on any atom is -0.324 e. The van der Waals surface area contributed by atoms with Gasteiger partial charge in [-0.1, -0.05) is 48.5 Å².